The molecule has 0 aliphatic heterocycles. The molecule has 1 N–H and O–H groups in total. The normalized spacial score (nSPS) is 9.90. The number of hydrogen-bond donors (Lipinski definition) is 1. The Morgan fingerprint density at radius 2 is 1.90 bits per heavy atom. The number of rotatable bonds is 0. The van der Waals surface area contributed by atoms with Crippen LogP contribution in [0, 0.1) is 13.8 Å². The first-order chi connectivity index (χ1) is 4.61. The summed E-state index contributed by atoms with van der Waals surface area (Å²) in [7, 11) is 0. The fourth-order valence-corrected chi connectivity index (χ4v) is 1.06. The van der Waals surface area contributed by atoms with Crippen molar-refractivity contribution in [3.63, 3.8) is 0 Å². The molecule has 1 rings (SSSR count). The van der Waals surface area contributed by atoms with Gasteiger partial charge < -0.3 is 5.11 Å². The van der Waals surface area contributed by atoms with Crippen molar-refractivity contribution in [1.82, 2.24) is 0 Å². The van der Waals surface area contributed by atoms with Crippen LogP contribution in [0.4, 0.5) is 0 Å². The van der Waals surface area contributed by atoms with Crippen LogP contribution in [0.25, 0.3) is 0 Å². The minimum Gasteiger partial charge on any atom is -0.508 e. The fourth-order valence-electron chi connectivity index (χ4n) is 0.798. The third-order valence-corrected chi connectivity index (χ3v) is 1.82. The molecule has 0 unspecified atom stereocenters. The summed E-state index contributed by atoms with van der Waals surface area (Å²) < 4.78 is 0. The highest BCUT2D eigenvalue weighted by Gasteiger charge is 1.99. The number of aromatic hydroxyl groups is 1. The van der Waals surface area contributed by atoms with Crippen molar-refractivity contribution >= 4 is 11.6 Å². The van der Waals surface area contributed by atoms with Crippen LogP contribution in [-0.2, 0) is 0 Å². The number of phenolic OH excluding ortho intramolecular Hbond substituents is 1. The third kappa shape index (κ3) is 1.24. The Bertz CT molecular complexity index is 232. The Morgan fingerprint density at radius 3 is 2.40 bits per heavy atom. The van der Waals surface area contributed by atoms with Crippen LogP contribution in [0.2, 0.25) is 5.02 Å². The average Bonchev–Trinajstić information content (AvgIpc) is 1.82. The van der Waals surface area contributed by atoms with Crippen LogP contribution in [0.3, 0.4) is 0 Å². The number of hydrogen-bond acceptors (Lipinski definition) is 1. The minimum absolute atomic E-state index is 0.269. The monoisotopic (exact) mass is 156 g/mol. The molecule has 0 heterocycles. The SMILES string of the molecule is Cc1cc(Cl)cc(O)c1C. The van der Waals surface area contributed by atoms with E-state index in [9.17, 15) is 5.11 Å². The minimum atomic E-state index is 0.269. The molecular formula is C8H9ClO. The molecule has 0 spiro atoms. The number of aryl methyl sites for hydroxylation is 1. The zero-order valence-electron chi connectivity index (χ0n) is 5.98. The zero-order chi connectivity index (χ0) is 7.72. The van der Waals surface area contributed by atoms with E-state index < -0.39 is 0 Å². The van der Waals surface area contributed by atoms with Crippen molar-refractivity contribution in [2.24, 2.45) is 0 Å². The molecule has 0 saturated heterocycles. The van der Waals surface area contributed by atoms with E-state index in [2.05, 4.69) is 0 Å². The summed E-state index contributed by atoms with van der Waals surface area (Å²) in [6.45, 7) is 3.78. The predicted octanol–water partition coefficient (Wildman–Crippen LogP) is 2.66. The molecule has 1 aromatic rings. The van der Waals surface area contributed by atoms with Crippen LogP contribution in [0.1, 0.15) is 11.1 Å². The van der Waals surface area contributed by atoms with Crippen LogP contribution >= 0.6 is 11.6 Å². The molecule has 0 atom stereocenters. The standard InChI is InChI=1S/C8H9ClO/c1-5-3-7(9)4-8(10)6(5)2/h3-4,10H,1-2H3. The number of halogens is 1. The third-order valence-electron chi connectivity index (χ3n) is 1.60. The molecule has 0 radical (unpaired) electrons. The summed E-state index contributed by atoms with van der Waals surface area (Å²) in [4.78, 5) is 0. The van der Waals surface area contributed by atoms with Gasteiger partial charge in [-0.15, -0.1) is 0 Å². The molecule has 0 aliphatic carbocycles. The molecule has 1 nitrogen and oxygen atoms in total. The Labute approximate surface area is 65.3 Å². The van der Waals surface area contributed by atoms with Crippen molar-refractivity contribution < 1.29 is 5.11 Å². The van der Waals surface area contributed by atoms with Crippen LogP contribution in [0.15, 0.2) is 12.1 Å². The van der Waals surface area contributed by atoms with E-state index in [0.717, 1.165) is 11.1 Å². The highest BCUT2D eigenvalue weighted by atomic mass is 35.5. The summed E-state index contributed by atoms with van der Waals surface area (Å²) in [6, 6.07) is 3.38. The maximum Gasteiger partial charge on any atom is 0.120 e. The lowest BCUT2D eigenvalue weighted by Crippen LogP contribution is -1.80. The molecule has 0 fully saturated rings. The maximum absolute atomic E-state index is 9.20. The first-order valence-electron chi connectivity index (χ1n) is 3.07. The smallest absolute Gasteiger partial charge is 0.120 e. The Kier molecular flexibility index (Phi) is 1.86. The second-order valence-corrected chi connectivity index (χ2v) is 2.80. The van der Waals surface area contributed by atoms with Gasteiger partial charge in [-0.05, 0) is 37.1 Å². The first-order valence-corrected chi connectivity index (χ1v) is 3.45. The van der Waals surface area contributed by atoms with E-state index in [4.69, 9.17) is 11.6 Å². The van der Waals surface area contributed by atoms with Crippen molar-refractivity contribution in [1.29, 1.82) is 0 Å². The Hall–Kier alpha value is -0.690. The highest BCUT2D eigenvalue weighted by molar-refractivity contribution is 6.30. The van der Waals surface area contributed by atoms with Gasteiger partial charge in [-0.1, -0.05) is 11.6 Å². The highest BCUT2D eigenvalue weighted by Crippen LogP contribution is 2.24. The van der Waals surface area contributed by atoms with Gasteiger partial charge in [0.2, 0.25) is 0 Å². The van der Waals surface area contributed by atoms with Gasteiger partial charge >= 0.3 is 0 Å². The molecule has 2 heteroatoms. The second-order valence-electron chi connectivity index (χ2n) is 2.37. The first kappa shape index (κ1) is 7.42. The van der Waals surface area contributed by atoms with Crippen LogP contribution < -0.4 is 0 Å². The lowest BCUT2D eigenvalue weighted by atomic mass is 10.1. The van der Waals surface area contributed by atoms with Crippen molar-refractivity contribution in [2.45, 2.75) is 13.8 Å². The maximum atomic E-state index is 9.20. The number of benzene rings is 1. The van der Waals surface area contributed by atoms with Crippen molar-refractivity contribution in [3.8, 4) is 5.75 Å². The van der Waals surface area contributed by atoms with Crippen LogP contribution in [0.5, 0.6) is 5.75 Å². The lowest BCUT2D eigenvalue weighted by Gasteiger charge is -2.02. The lowest BCUT2D eigenvalue weighted by molar-refractivity contribution is 0.470. The number of phenols is 1. The van der Waals surface area contributed by atoms with E-state index in [1.807, 2.05) is 19.9 Å². The zero-order valence-corrected chi connectivity index (χ0v) is 6.74. The molecule has 0 bridgehead atoms. The van der Waals surface area contributed by atoms with Gasteiger partial charge in [0.15, 0.2) is 0 Å². The van der Waals surface area contributed by atoms with Gasteiger partial charge in [-0.25, -0.2) is 0 Å². The molecule has 10 heavy (non-hydrogen) atoms. The summed E-state index contributed by atoms with van der Waals surface area (Å²) in [5.41, 5.74) is 1.91. The van der Waals surface area contributed by atoms with Gasteiger partial charge in [0.25, 0.3) is 0 Å². The largest absolute Gasteiger partial charge is 0.508 e. The Morgan fingerprint density at radius 1 is 1.30 bits per heavy atom. The molecule has 1 aromatic carbocycles. The van der Waals surface area contributed by atoms with E-state index in [1.54, 1.807) is 6.07 Å². The summed E-state index contributed by atoms with van der Waals surface area (Å²) in [5.74, 6) is 0.269. The Balaban J connectivity index is 3.31. The van der Waals surface area contributed by atoms with E-state index in [1.165, 1.54) is 0 Å². The summed E-state index contributed by atoms with van der Waals surface area (Å²) >= 11 is 5.66. The average molecular weight is 157 g/mol. The van der Waals surface area contributed by atoms with E-state index in [0.29, 0.717) is 5.02 Å². The fraction of sp³-hybridized carbons (Fsp3) is 0.250. The summed E-state index contributed by atoms with van der Waals surface area (Å²) in [6.07, 6.45) is 0. The topological polar surface area (TPSA) is 20.2 Å². The van der Waals surface area contributed by atoms with Gasteiger partial charge in [-0.2, -0.15) is 0 Å². The quantitative estimate of drug-likeness (QED) is 0.613. The summed E-state index contributed by atoms with van der Waals surface area (Å²) in [5, 5.41) is 9.78. The predicted molar refractivity (Wildman–Crippen MR) is 42.6 cm³/mol. The van der Waals surface area contributed by atoms with E-state index >= 15 is 0 Å². The van der Waals surface area contributed by atoms with Gasteiger partial charge in [-0.3, -0.25) is 0 Å². The van der Waals surface area contributed by atoms with Crippen LogP contribution in [-0.4, -0.2) is 5.11 Å². The van der Waals surface area contributed by atoms with Crippen molar-refractivity contribution in [2.75, 3.05) is 0 Å². The molecular weight excluding hydrogens is 148 g/mol. The van der Waals surface area contributed by atoms with E-state index in [-0.39, 0.29) is 5.75 Å². The molecule has 0 aromatic heterocycles. The van der Waals surface area contributed by atoms with Crippen molar-refractivity contribution in [3.05, 3.63) is 28.3 Å². The molecule has 0 aliphatic rings. The molecule has 0 amide bonds. The molecule has 54 valence electrons. The second kappa shape index (κ2) is 2.51. The van der Waals surface area contributed by atoms with Gasteiger partial charge in [0, 0.05) is 5.02 Å². The van der Waals surface area contributed by atoms with Gasteiger partial charge in [0.1, 0.15) is 5.75 Å². The molecule has 0 saturated carbocycles. The van der Waals surface area contributed by atoms with Gasteiger partial charge in [0.05, 0.1) is 0 Å².